The maximum atomic E-state index is 6.08. The van der Waals surface area contributed by atoms with Crippen molar-refractivity contribution >= 4 is 11.4 Å². The first-order valence-electron chi connectivity index (χ1n) is 6.53. The van der Waals surface area contributed by atoms with Gasteiger partial charge in [-0.1, -0.05) is 19.1 Å². The van der Waals surface area contributed by atoms with Gasteiger partial charge in [0.05, 0.1) is 18.0 Å². The molecular formula is C14H22N2O. The predicted octanol–water partition coefficient (Wildman–Crippen LogP) is 2.45. The van der Waals surface area contributed by atoms with Crippen molar-refractivity contribution in [3.63, 3.8) is 0 Å². The quantitative estimate of drug-likeness (QED) is 0.628. The molecule has 0 fully saturated rings. The van der Waals surface area contributed by atoms with E-state index >= 15 is 0 Å². The van der Waals surface area contributed by atoms with E-state index in [9.17, 15) is 0 Å². The van der Waals surface area contributed by atoms with Crippen LogP contribution < -0.4 is 10.6 Å². The maximum Gasteiger partial charge on any atom is 0.0641 e. The minimum absolute atomic E-state index is 0.793. The first-order chi connectivity index (χ1) is 8.33. The van der Waals surface area contributed by atoms with Gasteiger partial charge in [-0.2, -0.15) is 0 Å². The van der Waals surface area contributed by atoms with Gasteiger partial charge in [-0.15, -0.1) is 0 Å². The third-order valence-corrected chi connectivity index (χ3v) is 3.20. The Morgan fingerprint density at radius 1 is 1.35 bits per heavy atom. The van der Waals surface area contributed by atoms with Gasteiger partial charge in [0.15, 0.2) is 0 Å². The Hall–Kier alpha value is -1.22. The van der Waals surface area contributed by atoms with E-state index in [0.29, 0.717) is 0 Å². The van der Waals surface area contributed by atoms with Crippen LogP contribution in [0.1, 0.15) is 25.3 Å². The second kappa shape index (κ2) is 5.92. The number of hydrogen-bond acceptors (Lipinski definition) is 3. The van der Waals surface area contributed by atoms with Crippen LogP contribution in [-0.4, -0.2) is 26.3 Å². The van der Waals surface area contributed by atoms with Crippen LogP contribution in [0.4, 0.5) is 11.4 Å². The summed E-state index contributed by atoms with van der Waals surface area (Å²) < 4.78 is 5.56. The second-order valence-electron chi connectivity index (χ2n) is 4.56. The van der Waals surface area contributed by atoms with E-state index in [1.165, 1.54) is 17.7 Å². The molecule has 0 atom stereocenters. The molecule has 2 rings (SSSR count). The van der Waals surface area contributed by atoms with Gasteiger partial charge in [0, 0.05) is 19.7 Å². The van der Waals surface area contributed by atoms with E-state index < -0.39 is 0 Å². The number of nitrogen functional groups attached to an aromatic ring is 1. The Morgan fingerprint density at radius 3 is 3.06 bits per heavy atom. The van der Waals surface area contributed by atoms with Crippen molar-refractivity contribution < 1.29 is 4.74 Å². The summed E-state index contributed by atoms with van der Waals surface area (Å²) in [5.41, 5.74) is 9.60. The van der Waals surface area contributed by atoms with Crippen molar-refractivity contribution in [2.75, 3.05) is 36.9 Å². The fourth-order valence-corrected chi connectivity index (χ4v) is 2.42. The zero-order valence-corrected chi connectivity index (χ0v) is 10.6. The molecule has 1 aromatic carbocycles. The van der Waals surface area contributed by atoms with E-state index in [0.717, 1.165) is 44.8 Å². The van der Waals surface area contributed by atoms with E-state index in [2.05, 4.69) is 17.9 Å². The number of benzene rings is 1. The van der Waals surface area contributed by atoms with Gasteiger partial charge >= 0.3 is 0 Å². The zero-order valence-electron chi connectivity index (χ0n) is 10.6. The van der Waals surface area contributed by atoms with Crippen molar-refractivity contribution in [2.24, 2.45) is 0 Å². The SMILES string of the molecule is CCCOCCN1CCCc2cccc(N)c21. The summed E-state index contributed by atoms with van der Waals surface area (Å²) in [6.45, 7) is 5.82. The highest BCUT2D eigenvalue weighted by Crippen LogP contribution is 2.32. The molecule has 2 N–H and O–H groups in total. The molecule has 1 aliphatic rings. The average molecular weight is 234 g/mol. The Balaban J connectivity index is 2.01. The van der Waals surface area contributed by atoms with Gasteiger partial charge in [-0.3, -0.25) is 0 Å². The van der Waals surface area contributed by atoms with Crippen LogP contribution in [0.3, 0.4) is 0 Å². The molecule has 0 aromatic heterocycles. The molecule has 0 aliphatic carbocycles. The summed E-state index contributed by atoms with van der Waals surface area (Å²) in [5, 5.41) is 0. The summed E-state index contributed by atoms with van der Waals surface area (Å²) in [4.78, 5) is 2.36. The van der Waals surface area contributed by atoms with E-state index in [4.69, 9.17) is 10.5 Å². The largest absolute Gasteiger partial charge is 0.397 e. The Kier molecular flexibility index (Phi) is 4.26. The summed E-state index contributed by atoms with van der Waals surface area (Å²) >= 11 is 0. The molecule has 17 heavy (non-hydrogen) atoms. The van der Waals surface area contributed by atoms with Gasteiger partial charge in [-0.25, -0.2) is 0 Å². The first-order valence-corrected chi connectivity index (χ1v) is 6.53. The van der Waals surface area contributed by atoms with Gasteiger partial charge in [0.1, 0.15) is 0 Å². The lowest BCUT2D eigenvalue weighted by Crippen LogP contribution is -2.33. The molecule has 0 spiro atoms. The second-order valence-corrected chi connectivity index (χ2v) is 4.56. The van der Waals surface area contributed by atoms with Crippen LogP contribution in [0.25, 0.3) is 0 Å². The zero-order chi connectivity index (χ0) is 12.1. The number of nitrogens with zero attached hydrogens (tertiary/aromatic N) is 1. The summed E-state index contributed by atoms with van der Waals surface area (Å²) in [6, 6.07) is 6.22. The molecule has 0 unspecified atom stereocenters. The molecule has 3 heteroatoms. The maximum absolute atomic E-state index is 6.08. The fourth-order valence-electron chi connectivity index (χ4n) is 2.42. The number of hydrogen-bond donors (Lipinski definition) is 1. The third kappa shape index (κ3) is 2.91. The number of ether oxygens (including phenoxy) is 1. The standard InChI is InChI=1S/C14H22N2O/c1-2-10-17-11-9-16-8-4-6-12-5-3-7-13(15)14(12)16/h3,5,7H,2,4,6,8-11,15H2,1H3. The molecule has 1 aromatic rings. The van der Waals surface area contributed by atoms with E-state index in [1.54, 1.807) is 0 Å². The lowest BCUT2D eigenvalue weighted by Gasteiger charge is -2.32. The molecule has 0 amide bonds. The number of para-hydroxylation sites is 1. The molecule has 0 saturated carbocycles. The van der Waals surface area contributed by atoms with Crippen molar-refractivity contribution in [1.82, 2.24) is 0 Å². The number of nitrogens with two attached hydrogens (primary N) is 1. The van der Waals surface area contributed by atoms with Gasteiger partial charge < -0.3 is 15.4 Å². The topological polar surface area (TPSA) is 38.5 Å². The predicted molar refractivity (Wildman–Crippen MR) is 72.5 cm³/mol. The number of anilines is 2. The molecular weight excluding hydrogens is 212 g/mol. The molecule has 1 heterocycles. The van der Waals surface area contributed by atoms with Crippen molar-refractivity contribution in [3.8, 4) is 0 Å². The van der Waals surface area contributed by atoms with Crippen LogP contribution in [0, 0.1) is 0 Å². The number of fused-ring (bicyclic) bond motifs is 1. The highest BCUT2D eigenvalue weighted by Gasteiger charge is 2.18. The normalized spacial score (nSPS) is 14.8. The molecule has 94 valence electrons. The smallest absolute Gasteiger partial charge is 0.0641 e. The first kappa shape index (κ1) is 12.2. The Labute approximate surface area is 104 Å². The van der Waals surface area contributed by atoms with E-state index in [1.807, 2.05) is 12.1 Å². The summed E-state index contributed by atoms with van der Waals surface area (Å²) in [7, 11) is 0. The number of aryl methyl sites for hydroxylation is 1. The van der Waals surface area contributed by atoms with Crippen LogP contribution in [0.5, 0.6) is 0 Å². The molecule has 3 nitrogen and oxygen atoms in total. The third-order valence-electron chi connectivity index (χ3n) is 3.20. The van der Waals surface area contributed by atoms with Crippen LogP contribution in [0.2, 0.25) is 0 Å². The number of rotatable bonds is 5. The minimum atomic E-state index is 0.793. The molecule has 0 bridgehead atoms. The van der Waals surface area contributed by atoms with Gasteiger partial charge in [0.2, 0.25) is 0 Å². The van der Waals surface area contributed by atoms with Crippen LogP contribution in [0.15, 0.2) is 18.2 Å². The van der Waals surface area contributed by atoms with Crippen molar-refractivity contribution in [3.05, 3.63) is 23.8 Å². The average Bonchev–Trinajstić information content (AvgIpc) is 2.35. The van der Waals surface area contributed by atoms with Crippen LogP contribution in [-0.2, 0) is 11.2 Å². The molecule has 1 aliphatic heterocycles. The lowest BCUT2D eigenvalue weighted by atomic mass is 10.0. The Morgan fingerprint density at radius 2 is 2.24 bits per heavy atom. The monoisotopic (exact) mass is 234 g/mol. The Bertz CT molecular complexity index is 365. The highest BCUT2D eigenvalue weighted by atomic mass is 16.5. The van der Waals surface area contributed by atoms with Crippen molar-refractivity contribution in [1.29, 1.82) is 0 Å². The van der Waals surface area contributed by atoms with Gasteiger partial charge in [0.25, 0.3) is 0 Å². The van der Waals surface area contributed by atoms with Gasteiger partial charge in [-0.05, 0) is 30.9 Å². The molecule has 0 radical (unpaired) electrons. The minimum Gasteiger partial charge on any atom is -0.397 e. The van der Waals surface area contributed by atoms with E-state index in [-0.39, 0.29) is 0 Å². The summed E-state index contributed by atoms with van der Waals surface area (Å²) in [6.07, 6.45) is 3.44. The lowest BCUT2D eigenvalue weighted by molar-refractivity contribution is 0.140. The van der Waals surface area contributed by atoms with Crippen LogP contribution >= 0.6 is 0 Å². The molecule has 0 saturated heterocycles. The fraction of sp³-hybridized carbons (Fsp3) is 0.571. The highest BCUT2D eigenvalue weighted by molar-refractivity contribution is 5.72. The summed E-state index contributed by atoms with van der Waals surface area (Å²) in [5.74, 6) is 0. The van der Waals surface area contributed by atoms with Crippen molar-refractivity contribution in [2.45, 2.75) is 26.2 Å².